The minimum absolute atomic E-state index is 0.00181. The molecule has 10 N–H and O–H groups in total. The lowest BCUT2D eigenvalue weighted by Gasteiger charge is -2.69. The SMILES string of the molecule is CC(C)=CCC[C@](C)(O[C@@H]1O[C@H](CO[C@@H]2OC[C@@H](O)[C@H](O)[C@H]2O)[C@@H](O)[C@H](O)[C@H]1O)[C@@H]1CC[C@]2(C)[C@H]1CC[C@H]1[C@@]3(C=O)CC[C@H](O[C@@H]4O[C@H](CO)[C@@H](O)[C@H](O)[C@H]4O)C(C)(C)[C@@H]3CC[C@]12C. The Balaban J connectivity index is 1.10. The van der Waals surface area contributed by atoms with Crippen molar-refractivity contribution in [1.29, 1.82) is 0 Å². The summed E-state index contributed by atoms with van der Waals surface area (Å²) in [6, 6.07) is 0. The summed E-state index contributed by atoms with van der Waals surface area (Å²) < 4.78 is 36.5. The van der Waals surface area contributed by atoms with Gasteiger partial charge in [-0.05, 0) is 125 Å². The van der Waals surface area contributed by atoms with Gasteiger partial charge in [-0.25, -0.2) is 0 Å². The number of hydrogen-bond donors (Lipinski definition) is 10. The van der Waals surface area contributed by atoms with Crippen LogP contribution in [0, 0.1) is 45.3 Å². The maximum Gasteiger partial charge on any atom is 0.187 e. The standard InChI is InChI=1S/C47H78O17/c1-23(2)9-8-15-46(7,64-42-39(58)36(55)34(53)28(62-42)21-60-40-37(56)32(51)26(50)20-59-40)25-12-16-44(5)24(25)10-11-30-45(44,6)17-13-29-43(3,4)31(14-18-47(29,30)22-49)63-41-38(57)35(54)33(52)27(19-48)61-41/h9,22,24-42,48,50-58H,8,10-21H2,1-7H3/t24-,25+,26+,27+,28+,29-,30+,31-,32-,33+,34+,35-,36-,37+,38+,39+,40-,41-,42-,44+,45+,46-,47+/m0/s1. The second-order valence-electron chi connectivity index (χ2n) is 22.1. The highest BCUT2D eigenvalue weighted by atomic mass is 16.7. The fraction of sp³-hybridized carbons (Fsp3) is 0.936. The fourth-order valence-electron chi connectivity index (χ4n) is 14.3. The van der Waals surface area contributed by atoms with Crippen molar-refractivity contribution in [3.63, 3.8) is 0 Å². The lowest BCUT2D eigenvalue weighted by atomic mass is 9.35. The van der Waals surface area contributed by atoms with Crippen molar-refractivity contribution in [1.82, 2.24) is 0 Å². The molecule has 3 aliphatic heterocycles. The fourth-order valence-corrected chi connectivity index (χ4v) is 14.3. The molecule has 0 spiro atoms. The molecule has 4 aliphatic carbocycles. The van der Waals surface area contributed by atoms with Crippen LogP contribution in [0.15, 0.2) is 11.6 Å². The third kappa shape index (κ3) is 8.50. The molecule has 0 radical (unpaired) electrons. The summed E-state index contributed by atoms with van der Waals surface area (Å²) in [5.41, 5.74) is -1.35. The summed E-state index contributed by atoms with van der Waals surface area (Å²) >= 11 is 0. The number of aldehydes is 1. The van der Waals surface area contributed by atoms with Crippen LogP contribution in [0.25, 0.3) is 0 Å². The van der Waals surface area contributed by atoms with Gasteiger partial charge in [0, 0.05) is 5.41 Å². The minimum atomic E-state index is -1.65. The normalized spacial score (nSPS) is 51.2. The molecule has 64 heavy (non-hydrogen) atoms. The first-order valence-electron chi connectivity index (χ1n) is 23.7. The number of fused-ring (bicyclic) bond motifs is 5. The number of carbonyl (C=O) groups excluding carboxylic acids is 1. The van der Waals surface area contributed by atoms with Crippen molar-refractivity contribution in [3.05, 3.63) is 11.6 Å². The lowest BCUT2D eigenvalue weighted by Crippen LogP contribution is -2.67. The molecule has 0 aromatic rings. The summed E-state index contributed by atoms with van der Waals surface area (Å²) in [6.45, 7) is 13.9. The van der Waals surface area contributed by atoms with Gasteiger partial charge in [-0.15, -0.1) is 0 Å². The number of allylic oxidation sites excluding steroid dienone is 2. The number of ether oxygens (including phenoxy) is 6. The highest BCUT2D eigenvalue weighted by Gasteiger charge is 2.71. The molecule has 17 heteroatoms. The molecule has 0 aromatic carbocycles. The molecule has 7 rings (SSSR count). The van der Waals surface area contributed by atoms with Gasteiger partial charge in [0.1, 0.15) is 73.4 Å². The number of rotatable bonds is 13. The highest BCUT2D eigenvalue weighted by molar-refractivity contribution is 5.62. The van der Waals surface area contributed by atoms with Crippen molar-refractivity contribution in [3.8, 4) is 0 Å². The molecule has 3 saturated heterocycles. The van der Waals surface area contributed by atoms with Crippen molar-refractivity contribution >= 4 is 6.29 Å². The molecule has 0 amide bonds. The summed E-state index contributed by atoms with van der Waals surface area (Å²) in [7, 11) is 0. The van der Waals surface area contributed by atoms with Crippen LogP contribution in [0.4, 0.5) is 0 Å². The number of hydrogen-bond acceptors (Lipinski definition) is 17. The van der Waals surface area contributed by atoms with Crippen LogP contribution in [-0.4, -0.2) is 175 Å². The van der Waals surface area contributed by atoms with Gasteiger partial charge in [0.15, 0.2) is 18.9 Å². The molecule has 0 aromatic heterocycles. The van der Waals surface area contributed by atoms with Crippen molar-refractivity contribution in [2.24, 2.45) is 45.3 Å². The molecule has 4 saturated carbocycles. The molecule has 7 aliphatic rings. The Hall–Kier alpha value is -1.23. The summed E-state index contributed by atoms with van der Waals surface area (Å²) in [5.74, 6) is 0.186. The lowest BCUT2D eigenvalue weighted by molar-refractivity contribution is -0.344. The molecule has 0 unspecified atom stereocenters. The smallest absolute Gasteiger partial charge is 0.187 e. The van der Waals surface area contributed by atoms with Gasteiger partial charge in [0.2, 0.25) is 0 Å². The second kappa shape index (κ2) is 18.9. The van der Waals surface area contributed by atoms with E-state index in [9.17, 15) is 55.9 Å². The van der Waals surface area contributed by atoms with Crippen LogP contribution in [0.2, 0.25) is 0 Å². The number of aliphatic hydroxyl groups is 10. The van der Waals surface area contributed by atoms with Gasteiger partial charge in [-0.1, -0.05) is 39.3 Å². The van der Waals surface area contributed by atoms with E-state index in [0.29, 0.717) is 25.7 Å². The molecule has 0 bridgehead atoms. The van der Waals surface area contributed by atoms with Crippen LogP contribution < -0.4 is 0 Å². The van der Waals surface area contributed by atoms with Crippen LogP contribution in [0.1, 0.15) is 113 Å². The van der Waals surface area contributed by atoms with Gasteiger partial charge >= 0.3 is 0 Å². The Morgan fingerprint density at radius 2 is 1.33 bits per heavy atom. The molecular weight excluding hydrogens is 836 g/mol. The van der Waals surface area contributed by atoms with E-state index in [1.54, 1.807) is 0 Å². The van der Waals surface area contributed by atoms with E-state index in [2.05, 4.69) is 40.7 Å². The van der Waals surface area contributed by atoms with Gasteiger partial charge in [-0.2, -0.15) is 0 Å². The van der Waals surface area contributed by atoms with Crippen molar-refractivity contribution in [2.75, 3.05) is 19.8 Å². The Morgan fingerprint density at radius 3 is 1.98 bits per heavy atom. The van der Waals surface area contributed by atoms with E-state index in [1.165, 1.54) is 6.29 Å². The Kier molecular flexibility index (Phi) is 15.0. The van der Waals surface area contributed by atoms with Crippen molar-refractivity contribution in [2.45, 2.75) is 210 Å². The first-order chi connectivity index (χ1) is 30.0. The Labute approximate surface area is 377 Å². The van der Waals surface area contributed by atoms with Gasteiger partial charge in [0.05, 0.1) is 31.5 Å². The first kappa shape index (κ1) is 50.6. The topological polar surface area (TPSA) is 275 Å². The molecule has 7 fully saturated rings. The van der Waals surface area contributed by atoms with Gasteiger partial charge < -0.3 is 84.3 Å². The van der Waals surface area contributed by atoms with E-state index >= 15 is 0 Å². The largest absolute Gasteiger partial charge is 0.394 e. The molecular formula is C47H78O17. The average Bonchev–Trinajstić information content (AvgIpc) is 3.62. The second-order valence-corrected chi connectivity index (χ2v) is 22.1. The first-order valence-corrected chi connectivity index (χ1v) is 23.7. The Bertz CT molecular complexity index is 1640. The van der Waals surface area contributed by atoms with E-state index in [0.717, 1.165) is 44.1 Å². The van der Waals surface area contributed by atoms with E-state index in [1.807, 2.05) is 13.8 Å². The quantitative estimate of drug-likeness (QED) is 0.0696. The summed E-state index contributed by atoms with van der Waals surface area (Å²) in [5, 5.41) is 105. The molecule has 17 nitrogen and oxygen atoms in total. The summed E-state index contributed by atoms with van der Waals surface area (Å²) in [6.07, 6.45) is -9.76. The van der Waals surface area contributed by atoms with Gasteiger partial charge in [0.25, 0.3) is 0 Å². The predicted octanol–water partition coefficient (Wildman–Crippen LogP) is 0.821. The minimum Gasteiger partial charge on any atom is -0.394 e. The van der Waals surface area contributed by atoms with Crippen LogP contribution in [0.3, 0.4) is 0 Å². The third-order valence-electron chi connectivity index (χ3n) is 18.2. The zero-order chi connectivity index (χ0) is 46.9. The summed E-state index contributed by atoms with van der Waals surface area (Å²) in [4.78, 5) is 13.9. The van der Waals surface area contributed by atoms with Crippen LogP contribution in [-0.2, 0) is 33.2 Å². The number of aliphatic hydroxyl groups excluding tert-OH is 10. The monoisotopic (exact) mass is 915 g/mol. The van der Waals surface area contributed by atoms with E-state index < -0.39 is 115 Å². The highest BCUT2D eigenvalue weighted by Crippen LogP contribution is 2.76. The van der Waals surface area contributed by atoms with Crippen LogP contribution in [0.5, 0.6) is 0 Å². The molecule has 23 atom stereocenters. The Morgan fingerprint density at radius 1 is 0.703 bits per heavy atom. The molecule has 3 heterocycles. The number of carbonyl (C=O) groups is 1. The predicted molar refractivity (Wildman–Crippen MR) is 227 cm³/mol. The average molecular weight is 915 g/mol. The zero-order valence-electron chi connectivity index (χ0n) is 38.6. The molecule has 368 valence electrons. The third-order valence-corrected chi connectivity index (χ3v) is 18.2. The van der Waals surface area contributed by atoms with Gasteiger partial charge in [-0.3, -0.25) is 0 Å². The zero-order valence-corrected chi connectivity index (χ0v) is 38.6. The maximum absolute atomic E-state index is 13.9. The van der Waals surface area contributed by atoms with E-state index in [4.69, 9.17) is 28.4 Å². The van der Waals surface area contributed by atoms with Crippen LogP contribution >= 0.6 is 0 Å². The van der Waals surface area contributed by atoms with E-state index in [-0.39, 0.29) is 47.7 Å². The van der Waals surface area contributed by atoms with Crippen molar-refractivity contribution < 1.29 is 84.3 Å². The maximum atomic E-state index is 13.9.